The van der Waals surface area contributed by atoms with Crippen LogP contribution in [0.4, 0.5) is 0 Å². The first kappa shape index (κ1) is 14.2. The van der Waals surface area contributed by atoms with Crippen LogP contribution in [0.25, 0.3) is 0 Å². The summed E-state index contributed by atoms with van der Waals surface area (Å²) in [5, 5.41) is 0.895. The molecule has 2 nitrogen and oxygen atoms in total. The number of halogens is 1. The number of rotatable bonds is 7. The lowest BCUT2D eigenvalue weighted by Crippen LogP contribution is -2.02. The van der Waals surface area contributed by atoms with Crippen molar-refractivity contribution in [2.75, 3.05) is 12.4 Å². The first-order chi connectivity index (χ1) is 8.17. The summed E-state index contributed by atoms with van der Waals surface area (Å²) < 4.78 is 5.29. The number of aryl methyl sites for hydroxylation is 2. The number of ketones is 1. The number of Topliss-reactive ketones (excluding diaryl/α,β-unsaturated/α-hetero) is 1. The molecule has 1 rings (SSSR count). The summed E-state index contributed by atoms with van der Waals surface area (Å²) in [6.07, 6.45) is 2.96. The molecule has 0 radical (unpaired) electrons. The summed E-state index contributed by atoms with van der Waals surface area (Å²) in [7, 11) is 1.67. The molecule has 0 fully saturated rings. The van der Waals surface area contributed by atoms with Crippen molar-refractivity contribution in [3.8, 4) is 5.75 Å². The van der Waals surface area contributed by atoms with Crippen molar-refractivity contribution in [2.24, 2.45) is 0 Å². The van der Waals surface area contributed by atoms with E-state index in [0.29, 0.717) is 18.6 Å². The van der Waals surface area contributed by atoms with Gasteiger partial charge in [0.2, 0.25) is 0 Å². The Hall–Kier alpha value is -0.830. The largest absolute Gasteiger partial charge is 0.496 e. The molecule has 0 heterocycles. The Balaban J connectivity index is 2.56. The summed E-state index contributed by atoms with van der Waals surface area (Å²) in [6, 6.07) is 6.08. The molecule has 1 aromatic rings. The lowest BCUT2D eigenvalue weighted by molar-refractivity contribution is -0.119. The fourth-order valence-corrected chi connectivity index (χ4v) is 2.05. The minimum absolute atomic E-state index is 0.327. The van der Waals surface area contributed by atoms with Crippen LogP contribution in [0.3, 0.4) is 0 Å². The third-order valence-electron chi connectivity index (χ3n) is 2.70. The molecule has 0 bridgehead atoms. The van der Waals surface area contributed by atoms with Crippen LogP contribution >= 0.6 is 15.9 Å². The van der Waals surface area contributed by atoms with Crippen LogP contribution < -0.4 is 4.74 Å². The molecule has 17 heavy (non-hydrogen) atoms. The second kappa shape index (κ2) is 7.49. The van der Waals surface area contributed by atoms with Gasteiger partial charge in [-0.15, -0.1) is 0 Å². The van der Waals surface area contributed by atoms with E-state index in [1.54, 1.807) is 7.11 Å². The second-order valence-corrected chi connectivity index (χ2v) is 4.94. The van der Waals surface area contributed by atoms with E-state index in [-0.39, 0.29) is 0 Å². The summed E-state index contributed by atoms with van der Waals surface area (Å²) in [6.45, 7) is 2.05. The summed E-state index contributed by atoms with van der Waals surface area (Å²) >= 11 is 3.33. The number of hydrogen-bond acceptors (Lipinski definition) is 2. The number of carbonyl (C=O) groups excluding carboxylic acids is 1. The molecule has 0 saturated carbocycles. The van der Waals surface area contributed by atoms with Crippen LogP contribution in [0.1, 0.15) is 30.4 Å². The Bertz CT molecular complexity index is 374. The summed E-state index contributed by atoms with van der Waals surface area (Å²) in [5.41, 5.74) is 2.33. The molecular formula is C14H19BrO2. The molecular weight excluding hydrogens is 280 g/mol. The zero-order valence-corrected chi connectivity index (χ0v) is 12.0. The highest BCUT2D eigenvalue weighted by atomic mass is 79.9. The Kier molecular flexibility index (Phi) is 6.27. The molecule has 0 N–H and O–H groups in total. The predicted molar refractivity (Wildman–Crippen MR) is 74.1 cm³/mol. The van der Waals surface area contributed by atoms with Crippen molar-refractivity contribution in [3.05, 3.63) is 29.3 Å². The zero-order valence-electron chi connectivity index (χ0n) is 10.5. The molecule has 3 heteroatoms. The van der Waals surface area contributed by atoms with E-state index in [4.69, 9.17) is 4.74 Å². The maximum absolute atomic E-state index is 11.6. The van der Waals surface area contributed by atoms with Crippen molar-refractivity contribution in [1.29, 1.82) is 0 Å². The first-order valence-corrected chi connectivity index (χ1v) is 7.00. The van der Waals surface area contributed by atoms with E-state index in [0.717, 1.165) is 29.5 Å². The molecule has 0 atom stereocenters. The van der Waals surface area contributed by atoms with Gasteiger partial charge in [-0.3, -0.25) is 4.79 Å². The highest BCUT2D eigenvalue weighted by molar-refractivity contribution is 9.09. The summed E-state index contributed by atoms with van der Waals surface area (Å²) in [4.78, 5) is 11.6. The third-order valence-corrected chi connectivity index (χ3v) is 3.26. The first-order valence-electron chi connectivity index (χ1n) is 5.88. The minimum Gasteiger partial charge on any atom is -0.496 e. The maximum atomic E-state index is 11.6. The quantitative estimate of drug-likeness (QED) is 0.718. The van der Waals surface area contributed by atoms with E-state index in [1.807, 2.05) is 12.1 Å². The Labute approximate surface area is 111 Å². The minimum atomic E-state index is 0.327. The van der Waals surface area contributed by atoms with Gasteiger partial charge in [0, 0.05) is 18.2 Å². The van der Waals surface area contributed by atoms with Gasteiger partial charge in [0.05, 0.1) is 7.11 Å². The van der Waals surface area contributed by atoms with Gasteiger partial charge in [-0.1, -0.05) is 33.6 Å². The molecule has 0 aliphatic carbocycles. The maximum Gasteiger partial charge on any atom is 0.133 e. The number of hydrogen-bond donors (Lipinski definition) is 0. The molecule has 0 spiro atoms. The molecule has 0 amide bonds. The van der Waals surface area contributed by atoms with Crippen LogP contribution in [0.5, 0.6) is 5.75 Å². The van der Waals surface area contributed by atoms with Crippen molar-refractivity contribution >= 4 is 21.7 Å². The average Bonchev–Trinajstić information content (AvgIpc) is 2.34. The number of methoxy groups -OCH3 is 1. The fourth-order valence-electron chi connectivity index (χ4n) is 1.77. The van der Waals surface area contributed by atoms with Crippen LogP contribution in [-0.4, -0.2) is 18.2 Å². The van der Waals surface area contributed by atoms with Gasteiger partial charge in [0.15, 0.2) is 0 Å². The van der Waals surface area contributed by atoms with E-state index in [2.05, 4.69) is 28.9 Å². The van der Waals surface area contributed by atoms with Gasteiger partial charge >= 0.3 is 0 Å². The predicted octanol–water partition coefficient (Wildman–Crippen LogP) is 3.68. The van der Waals surface area contributed by atoms with Crippen molar-refractivity contribution in [3.63, 3.8) is 0 Å². The highest BCUT2D eigenvalue weighted by Gasteiger charge is 2.06. The third kappa shape index (κ3) is 4.90. The van der Waals surface area contributed by atoms with Crippen LogP contribution in [0, 0.1) is 6.92 Å². The van der Waals surface area contributed by atoms with Gasteiger partial charge in [0.25, 0.3) is 0 Å². The van der Waals surface area contributed by atoms with E-state index < -0.39 is 0 Å². The van der Waals surface area contributed by atoms with Gasteiger partial charge in [-0.25, -0.2) is 0 Å². The lowest BCUT2D eigenvalue weighted by Gasteiger charge is -2.09. The van der Waals surface area contributed by atoms with E-state index in [9.17, 15) is 4.79 Å². The van der Waals surface area contributed by atoms with Crippen LogP contribution in [-0.2, 0) is 11.2 Å². The van der Waals surface area contributed by atoms with E-state index in [1.165, 1.54) is 5.56 Å². The molecule has 0 aliphatic rings. The number of carbonyl (C=O) groups is 1. The number of ether oxygens (including phenoxy) is 1. The van der Waals surface area contributed by atoms with Crippen molar-refractivity contribution in [1.82, 2.24) is 0 Å². The Morgan fingerprint density at radius 3 is 2.76 bits per heavy atom. The molecule has 0 saturated heterocycles. The number of alkyl halides is 1. The molecule has 94 valence electrons. The van der Waals surface area contributed by atoms with Crippen molar-refractivity contribution < 1.29 is 9.53 Å². The van der Waals surface area contributed by atoms with Gasteiger partial charge < -0.3 is 4.74 Å². The monoisotopic (exact) mass is 298 g/mol. The highest BCUT2D eigenvalue weighted by Crippen LogP contribution is 2.21. The smallest absolute Gasteiger partial charge is 0.133 e. The molecule has 0 aliphatic heterocycles. The average molecular weight is 299 g/mol. The van der Waals surface area contributed by atoms with Crippen LogP contribution in [0.15, 0.2) is 18.2 Å². The topological polar surface area (TPSA) is 26.3 Å². The molecule has 0 aromatic heterocycles. The molecule has 1 aromatic carbocycles. The fraction of sp³-hybridized carbons (Fsp3) is 0.500. The normalized spacial score (nSPS) is 10.3. The zero-order chi connectivity index (χ0) is 12.7. The van der Waals surface area contributed by atoms with Gasteiger partial charge in [0.1, 0.15) is 11.5 Å². The van der Waals surface area contributed by atoms with Crippen LogP contribution in [0.2, 0.25) is 0 Å². The van der Waals surface area contributed by atoms with Gasteiger partial charge in [-0.2, -0.15) is 0 Å². The van der Waals surface area contributed by atoms with Crippen molar-refractivity contribution in [2.45, 2.75) is 32.6 Å². The number of benzene rings is 1. The molecule has 0 unspecified atom stereocenters. The lowest BCUT2D eigenvalue weighted by atomic mass is 10.0. The van der Waals surface area contributed by atoms with E-state index >= 15 is 0 Å². The SMILES string of the molecule is COc1ccc(C)cc1CCC(=O)CCCBr. The summed E-state index contributed by atoms with van der Waals surface area (Å²) in [5.74, 6) is 1.21. The Morgan fingerprint density at radius 2 is 2.12 bits per heavy atom. The van der Waals surface area contributed by atoms with Gasteiger partial charge in [-0.05, 0) is 31.4 Å². The second-order valence-electron chi connectivity index (χ2n) is 4.15. The standard InChI is InChI=1S/C14H19BrO2/c1-11-5-8-14(17-2)12(10-11)6-7-13(16)4-3-9-15/h5,8,10H,3-4,6-7,9H2,1-2H3. The Morgan fingerprint density at radius 1 is 1.35 bits per heavy atom.